The van der Waals surface area contributed by atoms with Crippen LogP contribution in [0.2, 0.25) is 10.0 Å². The van der Waals surface area contributed by atoms with E-state index in [2.05, 4.69) is 0 Å². The average molecular weight is 342 g/mol. The molecule has 0 atom stereocenters. The van der Waals surface area contributed by atoms with Crippen molar-refractivity contribution < 1.29 is 4.79 Å². The summed E-state index contributed by atoms with van der Waals surface area (Å²) < 4.78 is 0. The molecule has 0 aliphatic heterocycles. The van der Waals surface area contributed by atoms with E-state index in [1.54, 1.807) is 41.3 Å². The van der Waals surface area contributed by atoms with Gasteiger partial charge in [0.1, 0.15) is 0 Å². The van der Waals surface area contributed by atoms with Crippen LogP contribution in [-0.4, -0.2) is 5.91 Å². The van der Waals surface area contributed by atoms with Crippen LogP contribution in [0.25, 0.3) is 0 Å². The second kappa shape index (κ2) is 6.86. The van der Waals surface area contributed by atoms with Crippen molar-refractivity contribution in [3.05, 3.63) is 94.5 Å². The van der Waals surface area contributed by atoms with Gasteiger partial charge in [-0.25, -0.2) is 0 Å². The molecule has 23 heavy (non-hydrogen) atoms. The molecular weight excluding hydrogens is 329 g/mol. The molecule has 1 amide bonds. The maximum absolute atomic E-state index is 13.0. The van der Waals surface area contributed by atoms with Crippen LogP contribution in [0, 0.1) is 0 Å². The van der Waals surface area contributed by atoms with Gasteiger partial charge in [-0.3, -0.25) is 9.69 Å². The van der Waals surface area contributed by atoms with E-state index in [9.17, 15) is 4.79 Å². The molecule has 2 nitrogen and oxygen atoms in total. The van der Waals surface area contributed by atoms with E-state index in [4.69, 9.17) is 23.2 Å². The number of anilines is 2. The smallest absolute Gasteiger partial charge is 0.262 e. The number of hydrogen-bond donors (Lipinski definition) is 0. The molecule has 3 aromatic carbocycles. The normalized spacial score (nSPS) is 10.3. The number of nitrogens with zero attached hydrogens (tertiary/aromatic N) is 1. The Hall–Kier alpha value is -2.29. The number of amides is 1. The van der Waals surface area contributed by atoms with Gasteiger partial charge in [0, 0.05) is 27.0 Å². The Labute approximate surface area is 144 Å². The quantitative estimate of drug-likeness (QED) is 0.574. The van der Waals surface area contributed by atoms with Gasteiger partial charge in [0.2, 0.25) is 0 Å². The zero-order valence-electron chi connectivity index (χ0n) is 12.1. The number of carbonyl (C=O) groups is 1. The van der Waals surface area contributed by atoms with E-state index in [-0.39, 0.29) is 5.91 Å². The van der Waals surface area contributed by atoms with Crippen molar-refractivity contribution in [1.82, 2.24) is 0 Å². The first-order valence-electron chi connectivity index (χ1n) is 7.06. The number of halogens is 2. The average Bonchev–Trinajstić information content (AvgIpc) is 2.59. The highest BCUT2D eigenvalue weighted by Gasteiger charge is 2.19. The fourth-order valence-corrected chi connectivity index (χ4v) is 2.53. The Morgan fingerprint density at radius 2 is 1.09 bits per heavy atom. The van der Waals surface area contributed by atoms with E-state index >= 15 is 0 Å². The summed E-state index contributed by atoms with van der Waals surface area (Å²) in [5, 5.41) is 1.24. The van der Waals surface area contributed by atoms with Crippen LogP contribution in [0.1, 0.15) is 10.4 Å². The molecular formula is C19H13Cl2NO. The van der Waals surface area contributed by atoms with E-state index in [0.29, 0.717) is 15.6 Å². The molecule has 3 aromatic rings. The van der Waals surface area contributed by atoms with Gasteiger partial charge >= 0.3 is 0 Å². The molecule has 0 spiro atoms. The highest BCUT2D eigenvalue weighted by molar-refractivity contribution is 6.31. The maximum Gasteiger partial charge on any atom is 0.262 e. The lowest BCUT2D eigenvalue weighted by atomic mass is 10.1. The molecule has 3 rings (SSSR count). The molecule has 0 unspecified atom stereocenters. The third kappa shape index (κ3) is 3.55. The minimum Gasteiger partial charge on any atom is -0.277 e. The Morgan fingerprint density at radius 3 is 1.52 bits per heavy atom. The summed E-state index contributed by atoms with van der Waals surface area (Å²) in [7, 11) is 0. The minimum absolute atomic E-state index is 0.116. The predicted molar refractivity (Wildman–Crippen MR) is 95.8 cm³/mol. The van der Waals surface area contributed by atoms with Crippen molar-refractivity contribution in [1.29, 1.82) is 0 Å². The molecule has 0 aliphatic carbocycles. The van der Waals surface area contributed by atoms with Gasteiger partial charge in [0.15, 0.2) is 0 Å². The largest absolute Gasteiger partial charge is 0.277 e. The van der Waals surface area contributed by atoms with Crippen LogP contribution < -0.4 is 4.90 Å². The summed E-state index contributed by atoms with van der Waals surface area (Å²) in [6.45, 7) is 0. The lowest BCUT2D eigenvalue weighted by molar-refractivity contribution is 0.0999. The number of benzene rings is 3. The fraction of sp³-hybridized carbons (Fsp3) is 0. The Balaban J connectivity index is 2.08. The summed E-state index contributed by atoms with van der Waals surface area (Å²) in [5.41, 5.74) is 2.09. The van der Waals surface area contributed by atoms with Crippen LogP contribution in [0.3, 0.4) is 0 Å². The zero-order valence-corrected chi connectivity index (χ0v) is 13.6. The Kier molecular flexibility index (Phi) is 4.65. The lowest BCUT2D eigenvalue weighted by Crippen LogP contribution is -2.25. The molecule has 0 saturated heterocycles. The van der Waals surface area contributed by atoms with E-state index in [0.717, 1.165) is 11.4 Å². The van der Waals surface area contributed by atoms with Gasteiger partial charge in [-0.05, 0) is 60.7 Å². The molecule has 0 saturated carbocycles. The summed E-state index contributed by atoms with van der Waals surface area (Å²) in [6, 6.07) is 23.5. The van der Waals surface area contributed by atoms with Crippen LogP contribution >= 0.6 is 23.2 Å². The monoisotopic (exact) mass is 341 g/mol. The Bertz CT molecular complexity index is 754. The first kappa shape index (κ1) is 15.6. The second-order valence-corrected chi connectivity index (χ2v) is 5.83. The van der Waals surface area contributed by atoms with E-state index in [1.165, 1.54) is 0 Å². The number of rotatable bonds is 3. The van der Waals surface area contributed by atoms with Crippen LogP contribution in [0.4, 0.5) is 11.4 Å². The summed E-state index contributed by atoms with van der Waals surface area (Å²) >= 11 is 11.9. The Morgan fingerprint density at radius 1 is 0.652 bits per heavy atom. The van der Waals surface area contributed by atoms with Crippen molar-refractivity contribution in [3.63, 3.8) is 0 Å². The van der Waals surface area contributed by atoms with Gasteiger partial charge in [0.25, 0.3) is 5.91 Å². The molecule has 0 N–H and O–H groups in total. The molecule has 0 aliphatic rings. The molecule has 4 heteroatoms. The van der Waals surface area contributed by atoms with Crippen molar-refractivity contribution in [2.24, 2.45) is 0 Å². The highest BCUT2D eigenvalue weighted by Crippen LogP contribution is 2.29. The van der Waals surface area contributed by atoms with Gasteiger partial charge in [0.05, 0.1) is 0 Å². The summed E-state index contributed by atoms with van der Waals surface area (Å²) in [4.78, 5) is 14.6. The number of hydrogen-bond acceptors (Lipinski definition) is 1. The van der Waals surface area contributed by atoms with Gasteiger partial charge in [-0.2, -0.15) is 0 Å². The third-order valence-electron chi connectivity index (χ3n) is 3.39. The minimum atomic E-state index is -0.116. The zero-order chi connectivity index (χ0) is 16.2. The molecule has 0 bridgehead atoms. The fourth-order valence-electron chi connectivity index (χ4n) is 2.27. The van der Waals surface area contributed by atoms with Crippen LogP contribution in [0.5, 0.6) is 0 Å². The first-order chi connectivity index (χ1) is 11.1. The molecule has 0 radical (unpaired) electrons. The van der Waals surface area contributed by atoms with Crippen molar-refractivity contribution in [2.45, 2.75) is 0 Å². The first-order valence-corrected chi connectivity index (χ1v) is 7.81. The summed E-state index contributed by atoms with van der Waals surface area (Å²) in [6.07, 6.45) is 0. The third-order valence-corrected chi connectivity index (χ3v) is 3.90. The van der Waals surface area contributed by atoms with Crippen LogP contribution in [0.15, 0.2) is 78.9 Å². The molecule has 114 valence electrons. The van der Waals surface area contributed by atoms with Crippen molar-refractivity contribution in [3.8, 4) is 0 Å². The van der Waals surface area contributed by atoms with Gasteiger partial charge < -0.3 is 0 Å². The van der Waals surface area contributed by atoms with Crippen molar-refractivity contribution in [2.75, 3.05) is 4.90 Å². The predicted octanol–water partition coefficient (Wildman–Crippen LogP) is 5.97. The van der Waals surface area contributed by atoms with Crippen LogP contribution in [-0.2, 0) is 0 Å². The maximum atomic E-state index is 13.0. The SMILES string of the molecule is O=C(c1ccccc1)N(c1ccc(Cl)cc1)c1ccc(Cl)cc1. The molecule has 0 aromatic heterocycles. The number of carbonyl (C=O) groups excluding carboxylic acids is 1. The standard InChI is InChI=1S/C19H13Cl2NO/c20-15-6-10-17(11-7-15)22(18-12-8-16(21)9-13-18)19(23)14-4-2-1-3-5-14/h1-13H. The lowest BCUT2D eigenvalue weighted by Gasteiger charge is -2.23. The van der Waals surface area contributed by atoms with E-state index < -0.39 is 0 Å². The molecule has 0 fully saturated rings. The van der Waals surface area contributed by atoms with Gasteiger partial charge in [-0.15, -0.1) is 0 Å². The van der Waals surface area contributed by atoms with E-state index in [1.807, 2.05) is 42.5 Å². The van der Waals surface area contributed by atoms with Gasteiger partial charge in [-0.1, -0.05) is 41.4 Å². The topological polar surface area (TPSA) is 20.3 Å². The summed E-state index contributed by atoms with van der Waals surface area (Å²) in [5.74, 6) is -0.116. The highest BCUT2D eigenvalue weighted by atomic mass is 35.5. The van der Waals surface area contributed by atoms with Crippen molar-refractivity contribution >= 4 is 40.5 Å². The second-order valence-electron chi connectivity index (χ2n) is 4.96. The molecule has 0 heterocycles.